The first kappa shape index (κ1) is 26.3. The Bertz CT molecular complexity index is 837. The number of carbonyl (C=O) groups excluding carboxylic acids is 2. The highest BCUT2D eigenvalue weighted by Gasteiger charge is 2.19. The molecule has 0 saturated heterocycles. The molecule has 0 radical (unpaired) electrons. The van der Waals surface area contributed by atoms with Gasteiger partial charge in [-0.2, -0.15) is 0 Å². The van der Waals surface area contributed by atoms with Crippen LogP contribution in [-0.2, 0) is 27.2 Å². The van der Waals surface area contributed by atoms with E-state index in [1.807, 2.05) is 38.1 Å². The molecule has 1 heterocycles. The maximum Gasteiger partial charge on any atom is 0.273 e. The van der Waals surface area contributed by atoms with Gasteiger partial charge in [-0.15, -0.1) is 0 Å². The Balaban J connectivity index is 1.96. The monoisotopic (exact) mass is 461 g/mol. The summed E-state index contributed by atoms with van der Waals surface area (Å²) in [4.78, 5) is 31.2. The molecule has 2 rings (SSSR count). The van der Waals surface area contributed by atoms with Crippen LogP contribution in [0.3, 0.4) is 0 Å². The predicted molar refractivity (Wildman–Crippen MR) is 123 cm³/mol. The normalized spacial score (nSPS) is 10.8. The number of carbonyl (C=O) groups is 2. The Kier molecular flexibility index (Phi) is 12.0. The van der Waals surface area contributed by atoms with Crippen molar-refractivity contribution in [2.24, 2.45) is 0 Å². The molecule has 0 fully saturated rings. The lowest BCUT2D eigenvalue weighted by atomic mass is 10.1. The molecule has 0 saturated carbocycles. The first-order valence-electron chi connectivity index (χ1n) is 11.4. The third kappa shape index (κ3) is 9.63. The molecular weight excluding hydrogens is 426 g/mol. The van der Waals surface area contributed by atoms with Gasteiger partial charge in [0.25, 0.3) is 5.91 Å². The third-order valence-electron chi connectivity index (χ3n) is 4.85. The molecule has 0 aliphatic heterocycles. The van der Waals surface area contributed by atoms with Crippen molar-refractivity contribution in [1.29, 1.82) is 0 Å². The van der Waals surface area contributed by atoms with Crippen molar-refractivity contribution in [2.75, 3.05) is 46.6 Å². The fourth-order valence-electron chi connectivity index (χ4n) is 3.09. The summed E-state index contributed by atoms with van der Waals surface area (Å²) in [7, 11) is 1.60. The quantitative estimate of drug-likeness (QED) is 0.384. The van der Waals surface area contributed by atoms with Crippen molar-refractivity contribution in [3.8, 4) is 5.75 Å². The molecule has 0 unspecified atom stereocenters. The Hall–Kier alpha value is -2.91. The van der Waals surface area contributed by atoms with Crippen LogP contribution in [0.25, 0.3) is 0 Å². The van der Waals surface area contributed by atoms with Crippen molar-refractivity contribution in [3.63, 3.8) is 0 Å². The van der Waals surface area contributed by atoms with Crippen LogP contribution in [0, 0.1) is 0 Å². The summed E-state index contributed by atoms with van der Waals surface area (Å²) < 4.78 is 21.3. The minimum atomic E-state index is -0.311. The average Bonchev–Trinajstić information content (AvgIpc) is 3.30. The van der Waals surface area contributed by atoms with Crippen LogP contribution >= 0.6 is 0 Å². The number of nitrogens with zero attached hydrogens (tertiary/aromatic N) is 2. The Labute approximate surface area is 195 Å². The molecule has 9 nitrogen and oxygen atoms in total. The Morgan fingerprint density at radius 1 is 1.06 bits per heavy atom. The number of benzene rings is 1. The largest absolute Gasteiger partial charge is 0.497 e. The van der Waals surface area contributed by atoms with Gasteiger partial charge in [0.1, 0.15) is 12.0 Å². The van der Waals surface area contributed by atoms with E-state index in [2.05, 4.69) is 10.3 Å². The molecule has 0 aliphatic rings. The third-order valence-corrected chi connectivity index (χ3v) is 4.85. The highest BCUT2D eigenvalue weighted by atomic mass is 16.5. The topological polar surface area (TPSA) is 103 Å². The van der Waals surface area contributed by atoms with Crippen LogP contribution in [-0.4, -0.2) is 68.3 Å². The van der Waals surface area contributed by atoms with E-state index in [1.54, 1.807) is 12.0 Å². The molecule has 1 N–H and O–H groups in total. The lowest BCUT2D eigenvalue weighted by molar-refractivity contribution is -0.131. The Morgan fingerprint density at radius 2 is 1.76 bits per heavy atom. The smallest absolute Gasteiger partial charge is 0.273 e. The van der Waals surface area contributed by atoms with E-state index in [1.165, 1.54) is 6.26 Å². The van der Waals surface area contributed by atoms with Crippen LogP contribution < -0.4 is 10.1 Å². The molecule has 33 heavy (non-hydrogen) atoms. The van der Waals surface area contributed by atoms with Gasteiger partial charge in [0, 0.05) is 39.5 Å². The fraction of sp³-hybridized carbons (Fsp3) is 0.542. The first-order valence-corrected chi connectivity index (χ1v) is 11.4. The molecule has 2 aromatic rings. The van der Waals surface area contributed by atoms with Crippen molar-refractivity contribution in [2.45, 2.75) is 39.7 Å². The summed E-state index contributed by atoms with van der Waals surface area (Å²) in [6, 6.07) is 7.40. The van der Waals surface area contributed by atoms with Crippen LogP contribution in [0.1, 0.15) is 48.6 Å². The number of methoxy groups -OCH3 is 1. The van der Waals surface area contributed by atoms with E-state index in [4.69, 9.17) is 18.6 Å². The van der Waals surface area contributed by atoms with Crippen molar-refractivity contribution in [3.05, 3.63) is 47.7 Å². The second kappa shape index (κ2) is 15.0. The van der Waals surface area contributed by atoms with E-state index >= 15 is 0 Å². The predicted octanol–water partition coefficient (Wildman–Crippen LogP) is 2.84. The minimum absolute atomic E-state index is 0.0585. The molecule has 9 heteroatoms. The van der Waals surface area contributed by atoms with Crippen molar-refractivity contribution in [1.82, 2.24) is 15.2 Å². The summed E-state index contributed by atoms with van der Waals surface area (Å²) in [5.74, 6) is 0.683. The summed E-state index contributed by atoms with van der Waals surface area (Å²) in [6.45, 7) is 7.46. The van der Waals surface area contributed by atoms with E-state index in [0.717, 1.165) is 17.7 Å². The summed E-state index contributed by atoms with van der Waals surface area (Å²) >= 11 is 0. The number of oxazole rings is 1. The molecule has 182 valence electrons. The van der Waals surface area contributed by atoms with Crippen molar-refractivity contribution >= 4 is 11.8 Å². The van der Waals surface area contributed by atoms with Gasteiger partial charge in [-0.3, -0.25) is 9.59 Å². The van der Waals surface area contributed by atoms with Crippen LogP contribution in [0.2, 0.25) is 0 Å². The minimum Gasteiger partial charge on any atom is -0.497 e. The van der Waals surface area contributed by atoms with Gasteiger partial charge in [0.05, 0.1) is 20.1 Å². The molecule has 0 atom stereocenters. The average molecular weight is 462 g/mol. The molecule has 0 spiro atoms. The van der Waals surface area contributed by atoms with Crippen molar-refractivity contribution < 1.29 is 28.2 Å². The van der Waals surface area contributed by atoms with E-state index in [-0.39, 0.29) is 30.5 Å². The molecule has 1 aromatic heterocycles. The van der Waals surface area contributed by atoms with E-state index in [0.29, 0.717) is 51.8 Å². The molecule has 0 aliphatic carbocycles. The van der Waals surface area contributed by atoms with E-state index in [9.17, 15) is 9.59 Å². The molecule has 0 bridgehead atoms. The van der Waals surface area contributed by atoms with Gasteiger partial charge in [0.2, 0.25) is 11.8 Å². The standard InChI is InChI=1S/C24H35N3O6/c1-4-31-14-6-12-25-24(29)21-18-33-22(26-21)17-27(13-7-15-32-5-2)23(28)16-19-8-10-20(30-3)11-9-19/h8-11,18H,4-7,12-17H2,1-3H3,(H,25,29). The number of ether oxygens (including phenoxy) is 3. The van der Waals surface area contributed by atoms with Gasteiger partial charge in [0.15, 0.2) is 5.69 Å². The number of rotatable bonds is 16. The van der Waals surface area contributed by atoms with Crippen LogP contribution in [0.5, 0.6) is 5.75 Å². The zero-order valence-electron chi connectivity index (χ0n) is 19.8. The maximum absolute atomic E-state index is 13.0. The van der Waals surface area contributed by atoms with E-state index < -0.39 is 0 Å². The van der Waals surface area contributed by atoms with Gasteiger partial charge >= 0.3 is 0 Å². The molecule has 1 aromatic carbocycles. The summed E-state index contributed by atoms with van der Waals surface area (Å²) in [6.07, 6.45) is 2.97. The summed E-state index contributed by atoms with van der Waals surface area (Å²) in [5.41, 5.74) is 1.08. The maximum atomic E-state index is 13.0. The van der Waals surface area contributed by atoms with Gasteiger partial charge < -0.3 is 28.8 Å². The number of hydrogen-bond acceptors (Lipinski definition) is 7. The number of amides is 2. The fourth-order valence-corrected chi connectivity index (χ4v) is 3.09. The molecular formula is C24H35N3O6. The first-order chi connectivity index (χ1) is 16.1. The number of nitrogens with one attached hydrogen (secondary N) is 1. The van der Waals surface area contributed by atoms with Gasteiger partial charge in [-0.1, -0.05) is 12.1 Å². The highest BCUT2D eigenvalue weighted by molar-refractivity contribution is 5.91. The molecule has 2 amide bonds. The number of hydrogen-bond donors (Lipinski definition) is 1. The Morgan fingerprint density at radius 3 is 2.42 bits per heavy atom. The lowest BCUT2D eigenvalue weighted by Crippen LogP contribution is -2.33. The number of aromatic nitrogens is 1. The second-order valence-electron chi connectivity index (χ2n) is 7.32. The van der Waals surface area contributed by atoms with Crippen LogP contribution in [0.4, 0.5) is 0 Å². The lowest BCUT2D eigenvalue weighted by Gasteiger charge is -2.21. The SMILES string of the molecule is CCOCCCNC(=O)c1coc(CN(CCCOCC)C(=O)Cc2ccc(OC)cc2)n1. The van der Waals surface area contributed by atoms with Gasteiger partial charge in [-0.05, 0) is 44.4 Å². The zero-order valence-corrected chi connectivity index (χ0v) is 19.8. The zero-order chi connectivity index (χ0) is 23.9. The van der Waals surface area contributed by atoms with Crippen LogP contribution in [0.15, 0.2) is 34.9 Å². The second-order valence-corrected chi connectivity index (χ2v) is 7.32. The highest BCUT2D eigenvalue weighted by Crippen LogP contribution is 2.14. The van der Waals surface area contributed by atoms with Gasteiger partial charge in [-0.25, -0.2) is 4.98 Å². The summed E-state index contributed by atoms with van der Waals surface area (Å²) in [5, 5.41) is 2.79.